The van der Waals surface area contributed by atoms with E-state index in [2.05, 4.69) is 43.0 Å². The Bertz CT molecular complexity index is 405. The minimum Gasteiger partial charge on any atom is -0.340 e. The van der Waals surface area contributed by atoms with E-state index in [0.717, 1.165) is 39.1 Å². The van der Waals surface area contributed by atoms with Crippen LogP contribution in [0.1, 0.15) is 30.9 Å². The molecule has 19 heavy (non-hydrogen) atoms. The smallest absolute Gasteiger partial charge is 0.222 e. The van der Waals surface area contributed by atoms with E-state index in [-0.39, 0.29) is 0 Å². The summed E-state index contributed by atoms with van der Waals surface area (Å²) in [7, 11) is 0. The van der Waals surface area contributed by atoms with Gasteiger partial charge in [0.2, 0.25) is 5.91 Å². The summed E-state index contributed by atoms with van der Waals surface area (Å²) in [6, 6.07) is 8.72. The first-order valence-electron chi connectivity index (χ1n) is 7.24. The molecule has 1 aromatic carbocycles. The molecule has 1 aliphatic heterocycles. The van der Waals surface area contributed by atoms with Crippen molar-refractivity contribution in [3.05, 3.63) is 35.4 Å². The summed E-state index contributed by atoms with van der Waals surface area (Å²) in [5.74, 6) is 0.317. The van der Waals surface area contributed by atoms with Crippen LogP contribution in [0.15, 0.2) is 24.3 Å². The van der Waals surface area contributed by atoms with Crippen molar-refractivity contribution in [1.29, 1.82) is 0 Å². The number of benzene rings is 1. The first-order chi connectivity index (χ1) is 9.19. The lowest BCUT2D eigenvalue weighted by atomic mass is 10.1. The van der Waals surface area contributed by atoms with Gasteiger partial charge in [0, 0.05) is 39.1 Å². The Morgan fingerprint density at radius 3 is 2.32 bits per heavy atom. The molecule has 0 aliphatic carbocycles. The maximum Gasteiger partial charge on any atom is 0.222 e. The van der Waals surface area contributed by atoms with E-state index in [0.29, 0.717) is 12.3 Å². The maximum absolute atomic E-state index is 11.8. The number of amides is 1. The number of carbonyl (C=O) groups is 1. The van der Waals surface area contributed by atoms with Crippen LogP contribution in [0, 0.1) is 6.92 Å². The van der Waals surface area contributed by atoms with Crippen LogP contribution in [-0.4, -0.2) is 41.9 Å². The minimum absolute atomic E-state index is 0.317. The number of aryl methyl sites for hydroxylation is 1. The first-order valence-corrected chi connectivity index (χ1v) is 7.24. The van der Waals surface area contributed by atoms with Crippen LogP contribution < -0.4 is 0 Å². The van der Waals surface area contributed by atoms with Crippen molar-refractivity contribution in [2.45, 2.75) is 33.2 Å². The molecule has 0 saturated carbocycles. The molecule has 1 fully saturated rings. The Labute approximate surface area is 116 Å². The van der Waals surface area contributed by atoms with Gasteiger partial charge in [-0.3, -0.25) is 9.69 Å². The summed E-state index contributed by atoms with van der Waals surface area (Å²) < 4.78 is 0. The average Bonchev–Trinajstić information content (AvgIpc) is 2.42. The lowest BCUT2D eigenvalue weighted by Crippen LogP contribution is -2.48. The number of carbonyl (C=O) groups excluding carboxylic acids is 1. The quantitative estimate of drug-likeness (QED) is 0.830. The molecule has 0 spiro atoms. The van der Waals surface area contributed by atoms with Crippen LogP contribution in [0.3, 0.4) is 0 Å². The SMILES string of the molecule is CCCC(=O)N1CCN(Cc2ccc(C)cc2)CC1. The molecule has 1 aromatic rings. The van der Waals surface area contributed by atoms with Crippen LogP contribution in [0.25, 0.3) is 0 Å². The Morgan fingerprint density at radius 2 is 1.74 bits per heavy atom. The highest BCUT2D eigenvalue weighted by atomic mass is 16.2. The monoisotopic (exact) mass is 260 g/mol. The molecule has 1 heterocycles. The fourth-order valence-electron chi connectivity index (χ4n) is 2.48. The van der Waals surface area contributed by atoms with E-state index in [1.165, 1.54) is 11.1 Å². The molecule has 104 valence electrons. The Morgan fingerprint density at radius 1 is 1.11 bits per heavy atom. The number of hydrogen-bond donors (Lipinski definition) is 0. The molecule has 0 N–H and O–H groups in total. The van der Waals surface area contributed by atoms with E-state index in [1.54, 1.807) is 0 Å². The molecule has 0 unspecified atom stereocenters. The highest BCUT2D eigenvalue weighted by molar-refractivity contribution is 5.76. The predicted molar refractivity (Wildman–Crippen MR) is 77.9 cm³/mol. The van der Waals surface area contributed by atoms with Gasteiger partial charge in [-0.15, -0.1) is 0 Å². The molecule has 1 aliphatic rings. The molecular weight excluding hydrogens is 236 g/mol. The predicted octanol–water partition coefficient (Wildman–Crippen LogP) is 2.44. The zero-order chi connectivity index (χ0) is 13.7. The Balaban J connectivity index is 1.80. The van der Waals surface area contributed by atoms with Crippen molar-refractivity contribution in [1.82, 2.24) is 9.80 Å². The fraction of sp³-hybridized carbons (Fsp3) is 0.562. The summed E-state index contributed by atoms with van der Waals surface area (Å²) >= 11 is 0. The van der Waals surface area contributed by atoms with Crippen LogP contribution in [0.4, 0.5) is 0 Å². The Hall–Kier alpha value is -1.35. The van der Waals surface area contributed by atoms with Gasteiger partial charge >= 0.3 is 0 Å². The highest BCUT2D eigenvalue weighted by Crippen LogP contribution is 2.10. The first kappa shape index (κ1) is 14.1. The summed E-state index contributed by atoms with van der Waals surface area (Å²) in [5.41, 5.74) is 2.66. The normalized spacial score (nSPS) is 16.6. The van der Waals surface area contributed by atoms with E-state index in [1.807, 2.05) is 4.90 Å². The summed E-state index contributed by atoms with van der Waals surface area (Å²) in [6.07, 6.45) is 1.64. The summed E-state index contributed by atoms with van der Waals surface area (Å²) in [6.45, 7) is 8.91. The van der Waals surface area contributed by atoms with Gasteiger partial charge in [-0.25, -0.2) is 0 Å². The van der Waals surface area contributed by atoms with E-state index in [9.17, 15) is 4.79 Å². The van der Waals surface area contributed by atoms with Crippen LogP contribution in [-0.2, 0) is 11.3 Å². The zero-order valence-corrected chi connectivity index (χ0v) is 12.1. The van der Waals surface area contributed by atoms with Gasteiger partial charge in [-0.05, 0) is 18.9 Å². The van der Waals surface area contributed by atoms with Crippen molar-refractivity contribution >= 4 is 5.91 Å². The standard InChI is InChI=1S/C16H24N2O/c1-3-4-16(19)18-11-9-17(10-12-18)13-15-7-5-14(2)6-8-15/h5-8H,3-4,9-13H2,1-2H3. The highest BCUT2D eigenvalue weighted by Gasteiger charge is 2.20. The van der Waals surface area contributed by atoms with E-state index in [4.69, 9.17) is 0 Å². The van der Waals surface area contributed by atoms with Crippen molar-refractivity contribution < 1.29 is 4.79 Å². The second-order valence-corrected chi connectivity index (χ2v) is 5.39. The fourth-order valence-corrected chi connectivity index (χ4v) is 2.48. The van der Waals surface area contributed by atoms with Crippen LogP contribution >= 0.6 is 0 Å². The molecule has 0 radical (unpaired) electrons. The molecule has 2 rings (SSSR count). The van der Waals surface area contributed by atoms with Gasteiger partial charge in [0.15, 0.2) is 0 Å². The van der Waals surface area contributed by atoms with Crippen molar-refractivity contribution in [2.75, 3.05) is 26.2 Å². The molecule has 0 bridgehead atoms. The van der Waals surface area contributed by atoms with Gasteiger partial charge < -0.3 is 4.90 Å². The van der Waals surface area contributed by atoms with Crippen LogP contribution in [0.5, 0.6) is 0 Å². The largest absolute Gasteiger partial charge is 0.340 e. The zero-order valence-electron chi connectivity index (χ0n) is 12.1. The number of nitrogens with zero attached hydrogens (tertiary/aromatic N) is 2. The second-order valence-electron chi connectivity index (χ2n) is 5.39. The molecule has 1 amide bonds. The molecule has 0 atom stereocenters. The topological polar surface area (TPSA) is 23.6 Å². The molecule has 3 nitrogen and oxygen atoms in total. The lowest BCUT2D eigenvalue weighted by molar-refractivity contribution is -0.133. The van der Waals surface area contributed by atoms with Gasteiger partial charge in [0.05, 0.1) is 0 Å². The third kappa shape index (κ3) is 4.06. The van der Waals surface area contributed by atoms with Gasteiger partial charge in [0.25, 0.3) is 0 Å². The van der Waals surface area contributed by atoms with Gasteiger partial charge in [0.1, 0.15) is 0 Å². The Kier molecular flexibility index (Phi) is 4.97. The van der Waals surface area contributed by atoms with Gasteiger partial charge in [-0.2, -0.15) is 0 Å². The van der Waals surface area contributed by atoms with Crippen LogP contribution in [0.2, 0.25) is 0 Å². The lowest BCUT2D eigenvalue weighted by Gasteiger charge is -2.34. The molecular formula is C16H24N2O. The van der Waals surface area contributed by atoms with E-state index >= 15 is 0 Å². The third-order valence-electron chi connectivity index (χ3n) is 3.72. The summed E-state index contributed by atoms with van der Waals surface area (Å²) in [5, 5.41) is 0. The number of rotatable bonds is 4. The second kappa shape index (κ2) is 6.71. The van der Waals surface area contributed by atoms with Crippen molar-refractivity contribution in [2.24, 2.45) is 0 Å². The summed E-state index contributed by atoms with van der Waals surface area (Å²) in [4.78, 5) is 16.2. The average molecular weight is 260 g/mol. The number of hydrogen-bond acceptors (Lipinski definition) is 2. The van der Waals surface area contributed by atoms with Crippen molar-refractivity contribution in [3.63, 3.8) is 0 Å². The minimum atomic E-state index is 0.317. The molecule has 0 aromatic heterocycles. The molecule has 3 heteroatoms. The van der Waals surface area contributed by atoms with E-state index < -0.39 is 0 Å². The van der Waals surface area contributed by atoms with Gasteiger partial charge in [-0.1, -0.05) is 36.8 Å². The molecule has 1 saturated heterocycles. The third-order valence-corrected chi connectivity index (χ3v) is 3.72. The maximum atomic E-state index is 11.8. The number of piperazine rings is 1. The van der Waals surface area contributed by atoms with Crippen molar-refractivity contribution in [3.8, 4) is 0 Å².